The van der Waals surface area contributed by atoms with Crippen molar-refractivity contribution >= 4 is 23.9 Å². The van der Waals surface area contributed by atoms with Gasteiger partial charge in [-0.1, -0.05) is 26.0 Å². The van der Waals surface area contributed by atoms with Gasteiger partial charge in [-0.2, -0.15) is 0 Å². The van der Waals surface area contributed by atoms with Gasteiger partial charge in [-0.05, 0) is 60.4 Å². The molecule has 30 heavy (non-hydrogen) atoms. The van der Waals surface area contributed by atoms with Crippen LogP contribution in [0, 0.1) is 0 Å². The van der Waals surface area contributed by atoms with Crippen molar-refractivity contribution in [2.45, 2.75) is 33.3 Å². The number of benzene rings is 2. The van der Waals surface area contributed by atoms with Crippen LogP contribution in [-0.4, -0.2) is 32.3 Å². The minimum atomic E-state index is -1.24. The Balaban J connectivity index is 0.00000155. The molecule has 0 heterocycles. The lowest BCUT2D eigenvalue weighted by atomic mass is 10.0. The van der Waals surface area contributed by atoms with Crippen LogP contribution in [0.1, 0.15) is 53.7 Å². The van der Waals surface area contributed by atoms with Crippen LogP contribution in [0.15, 0.2) is 47.5 Å². The van der Waals surface area contributed by atoms with E-state index in [0.717, 1.165) is 0 Å². The number of carbonyl (C=O) groups excluding carboxylic acids is 1. The predicted octanol–water partition coefficient (Wildman–Crippen LogP) is 4.64. The van der Waals surface area contributed by atoms with Crippen molar-refractivity contribution in [3.8, 4) is 11.5 Å². The molecule has 0 atom stereocenters. The largest absolute Gasteiger partial charge is 0.508 e. The minimum Gasteiger partial charge on any atom is -0.508 e. The molecular weight excluding hydrogens is 388 g/mol. The third kappa shape index (κ3) is 5.34. The first-order valence-electron chi connectivity index (χ1n) is 9.49. The van der Waals surface area contributed by atoms with Gasteiger partial charge in [0.25, 0.3) is 0 Å². The molecule has 0 radical (unpaired) electrons. The van der Waals surface area contributed by atoms with Crippen molar-refractivity contribution < 1.29 is 35.1 Å². The Morgan fingerprint density at radius 2 is 1.50 bits per heavy atom. The molecule has 0 unspecified atom stereocenters. The number of rotatable bonds is 5. The Morgan fingerprint density at radius 1 is 0.967 bits per heavy atom. The molecule has 0 saturated heterocycles. The van der Waals surface area contributed by atoms with E-state index in [-0.39, 0.29) is 29.5 Å². The Labute approximate surface area is 174 Å². The van der Waals surface area contributed by atoms with E-state index in [0.29, 0.717) is 40.7 Å². The molecule has 1 saturated carbocycles. The molecule has 2 aromatic rings. The third-order valence-corrected chi connectivity index (χ3v) is 4.50. The van der Waals surface area contributed by atoms with Gasteiger partial charge in [0.05, 0.1) is 0 Å². The monoisotopic (exact) mass is 412 g/mol. The van der Waals surface area contributed by atoms with E-state index in [1.54, 1.807) is 30.4 Å². The van der Waals surface area contributed by atoms with Gasteiger partial charge in [0.1, 0.15) is 23.7 Å². The molecule has 0 aliphatic heterocycles. The molecule has 4 N–H and O–H groups in total. The number of ketones is 1. The number of hydrogen-bond acceptors (Lipinski definition) is 6. The van der Waals surface area contributed by atoms with Crippen LogP contribution in [-0.2, 0) is 16.3 Å². The normalized spacial score (nSPS) is 15.9. The number of aromatic hydroxyl groups is 2. The summed E-state index contributed by atoms with van der Waals surface area (Å²) in [7, 11) is 0. The minimum absolute atomic E-state index is 0.0175. The first kappa shape index (κ1) is 22.9. The second kappa shape index (κ2) is 10.4. The summed E-state index contributed by atoms with van der Waals surface area (Å²) in [6.07, 6.45) is 4.37. The van der Waals surface area contributed by atoms with E-state index in [9.17, 15) is 19.8 Å². The zero-order valence-electron chi connectivity index (χ0n) is 16.8. The second-order valence-corrected chi connectivity index (χ2v) is 6.41. The molecule has 3 rings (SSSR count). The van der Waals surface area contributed by atoms with Gasteiger partial charge in [-0.15, -0.1) is 0 Å². The van der Waals surface area contributed by atoms with E-state index < -0.39 is 5.97 Å². The quantitative estimate of drug-likeness (QED) is 0.320. The maximum absolute atomic E-state index is 12.7. The van der Waals surface area contributed by atoms with E-state index in [1.807, 2.05) is 13.8 Å². The Morgan fingerprint density at radius 3 is 2.03 bits per heavy atom. The molecular formula is C23H24O7. The number of Topliss-reactive ketones (excluding diaryl/α,β-unsaturated/α-hetero) is 1. The van der Waals surface area contributed by atoms with Crippen molar-refractivity contribution in [3.05, 3.63) is 69.8 Å². The average Bonchev–Trinajstić information content (AvgIpc) is 3.07. The molecule has 2 aromatic carbocycles. The number of carbonyl (C=O) groups is 2. The van der Waals surface area contributed by atoms with Gasteiger partial charge < -0.3 is 15.3 Å². The number of phenols is 2. The maximum Gasteiger partial charge on any atom is 0.339 e. The van der Waals surface area contributed by atoms with Crippen LogP contribution in [0.3, 0.4) is 0 Å². The molecule has 0 amide bonds. The zero-order valence-corrected chi connectivity index (χ0v) is 16.8. The van der Waals surface area contributed by atoms with Gasteiger partial charge in [-0.3, -0.25) is 10.1 Å². The highest BCUT2D eigenvalue weighted by atomic mass is 17.1. The molecule has 158 valence electrons. The number of carboxylic acid groups (broad SMARTS) is 1. The van der Waals surface area contributed by atoms with Crippen LogP contribution in [0.2, 0.25) is 0 Å². The lowest BCUT2D eigenvalue weighted by molar-refractivity contribution is -0.253. The van der Waals surface area contributed by atoms with Crippen molar-refractivity contribution in [2.75, 3.05) is 0 Å². The van der Waals surface area contributed by atoms with E-state index in [2.05, 4.69) is 4.89 Å². The highest BCUT2D eigenvalue weighted by molar-refractivity contribution is 6.15. The summed E-state index contributed by atoms with van der Waals surface area (Å²) in [6.45, 7) is 3.83. The van der Waals surface area contributed by atoms with Crippen molar-refractivity contribution in [1.29, 1.82) is 0 Å². The van der Waals surface area contributed by atoms with Gasteiger partial charge in [0.2, 0.25) is 0 Å². The number of phenolic OH excluding ortho intramolecular Hbond substituents is 1. The van der Waals surface area contributed by atoms with Crippen molar-refractivity contribution in [3.63, 3.8) is 0 Å². The van der Waals surface area contributed by atoms with Crippen LogP contribution in [0.5, 0.6) is 11.5 Å². The lowest BCUT2D eigenvalue weighted by Crippen LogP contribution is -1.98. The summed E-state index contributed by atoms with van der Waals surface area (Å²) in [6, 6.07) is 8.88. The first-order chi connectivity index (χ1) is 14.4. The van der Waals surface area contributed by atoms with Crippen molar-refractivity contribution in [2.24, 2.45) is 0 Å². The van der Waals surface area contributed by atoms with Crippen LogP contribution in [0.4, 0.5) is 0 Å². The topological polar surface area (TPSA) is 124 Å². The SMILES string of the molecule is CC.O=C1/C(=C/c2ccc(O)c(COO)c2)CC/C1=C\c1ccc(O)c(C(=O)O)c1. The van der Waals surface area contributed by atoms with Gasteiger partial charge >= 0.3 is 5.97 Å². The Hall–Kier alpha value is -3.42. The summed E-state index contributed by atoms with van der Waals surface area (Å²) >= 11 is 0. The highest BCUT2D eigenvalue weighted by Gasteiger charge is 2.23. The van der Waals surface area contributed by atoms with E-state index in [1.165, 1.54) is 18.2 Å². The molecule has 0 aromatic heterocycles. The van der Waals surface area contributed by atoms with E-state index in [4.69, 9.17) is 10.4 Å². The zero-order chi connectivity index (χ0) is 22.3. The number of hydrogen-bond donors (Lipinski definition) is 4. The fraction of sp³-hybridized carbons (Fsp3) is 0.217. The van der Waals surface area contributed by atoms with Gasteiger partial charge in [-0.25, -0.2) is 9.68 Å². The maximum atomic E-state index is 12.7. The third-order valence-electron chi connectivity index (χ3n) is 4.50. The van der Waals surface area contributed by atoms with Crippen LogP contribution >= 0.6 is 0 Å². The van der Waals surface area contributed by atoms with Crippen molar-refractivity contribution in [1.82, 2.24) is 0 Å². The smallest absolute Gasteiger partial charge is 0.339 e. The summed E-state index contributed by atoms with van der Waals surface area (Å²) in [5.74, 6) is -1.73. The summed E-state index contributed by atoms with van der Waals surface area (Å²) in [4.78, 5) is 27.8. The summed E-state index contributed by atoms with van der Waals surface area (Å²) < 4.78 is 0. The fourth-order valence-electron chi connectivity index (χ4n) is 3.08. The second-order valence-electron chi connectivity index (χ2n) is 6.41. The number of carboxylic acids is 1. The molecule has 7 heteroatoms. The first-order valence-corrected chi connectivity index (χ1v) is 9.49. The highest BCUT2D eigenvalue weighted by Crippen LogP contribution is 2.31. The van der Waals surface area contributed by atoms with Crippen LogP contribution in [0.25, 0.3) is 12.2 Å². The Bertz CT molecular complexity index is 1000. The summed E-state index contributed by atoms with van der Waals surface area (Å²) in [5.41, 5.74) is 2.51. The van der Waals surface area contributed by atoms with Gasteiger partial charge in [0, 0.05) is 16.7 Å². The molecule has 7 nitrogen and oxygen atoms in total. The fourth-order valence-corrected chi connectivity index (χ4v) is 3.08. The number of allylic oxidation sites excluding steroid dienone is 2. The van der Waals surface area contributed by atoms with E-state index >= 15 is 0 Å². The van der Waals surface area contributed by atoms with Crippen LogP contribution < -0.4 is 0 Å². The molecule has 1 fully saturated rings. The average molecular weight is 412 g/mol. The molecule has 0 spiro atoms. The Kier molecular flexibility index (Phi) is 7.91. The standard InChI is InChI=1S/C21H18O7.C2H6/c22-18-5-1-12(9-16(18)11-28-27)7-14-3-4-15(20(14)24)8-13-2-6-19(23)17(10-13)21(25)26;1-2/h1-2,5-10,22-23,27H,3-4,11H2,(H,25,26);1-2H3/b14-7+,15-8+;. The predicted molar refractivity (Wildman–Crippen MR) is 112 cm³/mol. The molecule has 1 aliphatic carbocycles. The summed E-state index contributed by atoms with van der Waals surface area (Å²) in [5, 5.41) is 37.0. The number of aromatic carboxylic acids is 1. The molecule has 0 bridgehead atoms. The van der Waals surface area contributed by atoms with Gasteiger partial charge in [0.15, 0.2) is 5.78 Å². The molecule has 1 aliphatic rings. The lowest BCUT2D eigenvalue weighted by Gasteiger charge is -2.04.